The van der Waals surface area contributed by atoms with Gasteiger partial charge in [-0.25, -0.2) is 9.97 Å². The fraction of sp³-hybridized carbons (Fsp3) is 0.233. The van der Waals surface area contributed by atoms with Crippen LogP contribution in [0.2, 0.25) is 0 Å². The summed E-state index contributed by atoms with van der Waals surface area (Å²) in [5.41, 5.74) is 8.30. The third kappa shape index (κ3) is 6.76. The number of hydrogen-bond acceptors (Lipinski definition) is 9. The first-order valence-electron chi connectivity index (χ1n) is 13.1. The van der Waals surface area contributed by atoms with Gasteiger partial charge in [0.2, 0.25) is 17.7 Å². The predicted molar refractivity (Wildman–Crippen MR) is 151 cm³/mol. The number of fused-ring (bicyclic) bond motifs is 1. The van der Waals surface area contributed by atoms with Crippen LogP contribution >= 0.6 is 0 Å². The van der Waals surface area contributed by atoms with Gasteiger partial charge in [0.1, 0.15) is 29.5 Å². The molecule has 41 heavy (non-hydrogen) atoms. The second-order valence-corrected chi connectivity index (χ2v) is 9.95. The Balaban J connectivity index is 1.20. The van der Waals surface area contributed by atoms with Crippen LogP contribution in [0.5, 0.6) is 29.0 Å². The topological polar surface area (TPSA) is 152 Å². The Morgan fingerprint density at radius 3 is 2.41 bits per heavy atom. The normalized spacial score (nSPS) is 14.9. The largest absolute Gasteiger partial charge is 0.485 e. The molecule has 1 aliphatic heterocycles. The van der Waals surface area contributed by atoms with Crippen molar-refractivity contribution < 1.29 is 23.9 Å². The summed E-state index contributed by atoms with van der Waals surface area (Å²) in [4.78, 5) is 30.8. The predicted octanol–water partition coefficient (Wildman–Crippen LogP) is 5.96. The zero-order valence-electron chi connectivity index (χ0n) is 22.5. The molecule has 4 aromatic rings. The number of carbonyl (C=O) groups is 1. The number of aromatic nitrogens is 2. The fourth-order valence-corrected chi connectivity index (χ4v) is 4.27. The van der Waals surface area contributed by atoms with Gasteiger partial charge in [-0.05, 0) is 66.3 Å². The smallest absolute Gasteiger partial charge is 0.287 e. The van der Waals surface area contributed by atoms with Crippen LogP contribution in [-0.2, 0) is 11.2 Å². The maximum absolute atomic E-state index is 12.2. The van der Waals surface area contributed by atoms with E-state index in [4.69, 9.17) is 19.9 Å². The zero-order chi connectivity index (χ0) is 28.9. The number of nitrogens with two attached hydrogens (primary N) is 1. The van der Waals surface area contributed by atoms with Gasteiger partial charge >= 0.3 is 0 Å². The average Bonchev–Trinajstić information content (AvgIpc) is 2.98. The Labute approximate surface area is 236 Å². The molecule has 11 heteroatoms. The van der Waals surface area contributed by atoms with E-state index in [1.165, 1.54) is 18.3 Å². The van der Waals surface area contributed by atoms with Crippen LogP contribution < -0.4 is 25.3 Å². The molecular weight excluding hydrogens is 526 g/mol. The molecule has 1 amide bonds. The summed E-state index contributed by atoms with van der Waals surface area (Å²) in [6.07, 6.45) is 4.05. The number of nitrogens with zero attached hydrogens (tertiary/aromatic N) is 3. The van der Waals surface area contributed by atoms with Crippen molar-refractivity contribution >= 4 is 17.3 Å². The number of anilines is 1. The van der Waals surface area contributed by atoms with Crippen molar-refractivity contribution in [3.05, 3.63) is 100 Å². The van der Waals surface area contributed by atoms with Gasteiger partial charge in [0, 0.05) is 18.2 Å². The van der Waals surface area contributed by atoms with Gasteiger partial charge in [0.25, 0.3) is 5.69 Å². The summed E-state index contributed by atoms with van der Waals surface area (Å²) in [7, 11) is 0. The number of aryl methyl sites for hydroxylation is 1. The van der Waals surface area contributed by atoms with E-state index in [9.17, 15) is 14.9 Å². The van der Waals surface area contributed by atoms with Crippen LogP contribution in [0.25, 0.3) is 0 Å². The molecule has 1 unspecified atom stereocenters. The van der Waals surface area contributed by atoms with E-state index in [1.54, 1.807) is 18.2 Å². The van der Waals surface area contributed by atoms with Gasteiger partial charge in [0.15, 0.2) is 0 Å². The summed E-state index contributed by atoms with van der Waals surface area (Å²) >= 11 is 0. The minimum absolute atomic E-state index is 0.0278. The van der Waals surface area contributed by atoms with E-state index in [0.29, 0.717) is 23.1 Å². The molecule has 210 valence electrons. The lowest BCUT2D eigenvalue weighted by Crippen LogP contribution is -2.39. The van der Waals surface area contributed by atoms with E-state index in [0.717, 1.165) is 35.9 Å². The Morgan fingerprint density at radius 2 is 1.76 bits per heavy atom. The third-order valence-electron chi connectivity index (χ3n) is 6.61. The van der Waals surface area contributed by atoms with Crippen LogP contribution in [0.1, 0.15) is 37.5 Å². The molecule has 0 fully saturated rings. The second kappa shape index (κ2) is 12.0. The molecule has 0 radical (unpaired) electrons. The molecule has 2 aromatic carbocycles. The number of carbonyl (C=O) groups excluding carboxylic acids is 1. The molecule has 0 spiro atoms. The van der Waals surface area contributed by atoms with E-state index in [-0.39, 0.29) is 29.5 Å². The molecule has 5 rings (SSSR count). The van der Waals surface area contributed by atoms with Crippen molar-refractivity contribution in [3.8, 4) is 29.0 Å². The number of nitro groups is 1. The lowest BCUT2D eigenvalue weighted by atomic mass is 9.97. The molecule has 3 heterocycles. The molecule has 0 saturated carbocycles. The molecule has 2 aromatic heterocycles. The molecule has 1 aliphatic rings. The van der Waals surface area contributed by atoms with Crippen LogP contribution in [0.15, 0.2) is 79.1 Å². The average molecular weight is 556 g/mol. The molecule has 2 atom stereocenters. The number of rotatable bonds is 9. The Morgan fingerprint density at radius 1 is 1.02 bits per heavy atom. The van der Waals surface area contributed by atoms with Crippen LogP contribution in [-0.4, -0.2) is 26.8 Å². The van der Waals surface area contributed by atoms with Crippen LogP contribution in [0.3, 0.4) is 0 Å². The van der Waals surface area contributed by atoms with Crippen molar-refractivity contribution in [2.75, 3.05) is 5.32 Å². The molecule has 0 saturated heterocycles. The second-order valence-electron chi connectivity index (χ2n) is 9.95. The van der Waals surface area contributed by atoms with Gasteiger partial charge in [-0.3, -0.25) is 14.9 Å². The molecule has 3 N–H and O–H groups in total. The van der Waals surface area contributed by atoms with E-state index in [1.807, 2.05) is 50.2 Å². The first kappa shape index (κ1) is 27.5. The number of hydrogen-bond donors (Lipinski definition) is 2. The number of ether oxygens (including phenoxy) is 3. The lowest BCUT2D eigenvalue weighted by molar-refractivity contribution is -0.385. The standard InChI is InChI=1S/C30H29N5O6/c1-18(2)29(31)30(36)34-21-7-12-27(32-16-21)40-24-9-11-26-20(15-24)6-10-25(41-26)19-4-3-5-23(14-19)39-28-13-8-22(17-33-28)35(37)38/h3-5,7-9,11-18,25,29H,6,10,31H2,1-2H3,(H,34,36)/t25-,29?/m0/s1. The third-order valence-corrected chi connectivity index (χ3v) is 6.61. The monoisotopic (exact) mass is 555 g/mol. The lowest BCUT2D eigenvalue weighted by Gasteiger charge is -2.27. The minimum Gasteiger partial charge on any atom is -0.485 e. The summed E-state index contributed by atoms with van der Waals surface area (Å²) in [5.74, 6) is 2.38. The maximum atomic E-state index is 12.2. The highest BCUT2D eigenvalue weighted by Gasteiger charge is 2.23. The number of amides is 1. The van der Waals surface area contributed by atoms with E-state index >= 15 is 0 Å². The molecular formula is C30H29N5O6. The van der Waals surface area contributed by atoms with Gasteiger partial charge in [-0.2, -0.15) is 0 Å². The first-order chi connectivity index (χ1) is 19.7. The molecule has 0 bridgehead atoms. The Kier molecular flexibility index (Phi) is 8.06. The van der Waals surface area contributed by atoms with Crippen molar-refractivity contribution in [1.82, 2.24) is 9.97 Å². The van der Waals surface area contributed by atoms with Crippen molar-refractivity contribution in [2.24, 2.45) is 11.7 Å². The highest BCUT2D eigenvalue weighted by Crippen LogP contribution is 2.38. The summed E-state index contributed by atoms with van der Waals surface area (Å²) in [5, 5.41) is 13.6. The Bertz CT molecular complexity index is 1540. The molecule has 11 nitrogen and oxygen atoms in total. The van der Waals surface area contributed by atoms with Gasteiger partial charge in [-0.15, -0.1) is 0 Å². The van der Waals surface area contributed by atoms with Gasteiger partial charge in [-0.1, -0.05) is 26.0 Å². The zero-order valence-corrected chi connectivity index (χ0v) is 22.5. The highest BCUT2D eigenvalue weighted by molar-refractivity contribution is 5.94. The van der Waals surface area contributed by atoms with Crippen molar-refractivity contribution in [3.63, 3.8) is 0 Å². The fourth-order valence-electron chi connectivity index (χ4n) is 4.27. The maximum Gasteiger partial charge on any atom is 0.287 e. The van der Waals surface area contributed by atoms with E-state index in [2.05, 4.69) is 15.3 Å². The highest BCUT2D eigenvalue weighted by atomic mass is 16.6. The Hall–Kier alpha value is -5.03. The summed E-state index contributed by atoms with van der Waals surface area (Å²) in [6.45, 7) is 3.78. The number of pyridine rings is 2. The van der Waals surface area contributed by atoms with Gasteiger partial charge in [0.05, 0.1) is 22.8 Å². The van der Waals surface area contributed by atoms with Crippen molar-refractivity contribution in [2.45, 2.75) is 38.8 Å². The van der Waals surface area contributed by atoms with Crippen LogP contribution in [0, 0.1) is 16.0 Å². The quantitative estimate of drug-likeness (QED) is 0.188. The molecule has 0 aliphatic carbocycles. The van der Waals surface area contributed by atoms with Crippen molar-refractivity contribution in [1.29, 1.82) is 0 Å². The number of benzene rings is 2. The summed E-state index contributed by atoms with van der Waals surface area (Å²) in [6, 6.07) is 18.8. The van der Waals surface area contributed by atoms with Crippen LogP contribution in [0.4, 0.5) is 11.4 Å². The summed E-state index contributed by atoms with van der Waals surface area (Å²) < 4.78 is 18.0. The first-order valence-corrected chi connectivity index (χ1v) is 13.1. The number of nitrogens with one attached hydrogen (secondary N) is 1. The minimum atomic E-state index is -0.597. The SMILES string of the molecule is CC(C)C(N)C(=O)Nc1ccc(Oc2ccc3c(c2)CC[C@@H](c2cccc(Oc4ccc([N+](=O)[O-])cn4)c2)O3)nc1. The van der Waals surface area contributed by atoms with E-state index < -0.39 is 11.0 Å². The van der Waals surface area contributed by atoms with Gasteiger partial charge < -0.3 is 25.3 Å².